The zero-order valence-electron chi connectivity index (χ0n) is 13.5. The lowest BCUT2D eigenvalue weighted by molar-refractivity contribution is -0.132. The number of hydrogen-bond donors (Lipinski definition) is 1. The molecule has 2 aromatic carbocycles. The minimum absolute atomic E-state index is 0.216. The Morgan fingerprint density at radius 2 is 2.00 bits per heavy atom. The maximum Gasteiger partial charge on any atom is 0.239 e. The summed E-state index contributed by atoms with van der Waals surface area (Å²) in [7, 11) is 0. The summed E-state index contributed by atoms with van der Waals surface area (Å²) in [5.74, 6) is -1.87. The molecule has 25 heavy (non-hydrogen) atoms. The third kappa shape index (κ3) is 4.07. The van der Waals surface area contributed by atoms with Gasteiger partial charge in [-0.3, -0.25) is 9.59 Å². The highest BCUT2D eigenvalue weighted by molar-refractivity contribution is 9.10. The van der Waals surface area contributed by atoms with E-state index in [1.54, 1.807) is 12.1 Å². The topological polar surface area (TPSA) is 49.4 Å². The van der Waals surface area contributed by atoms with Crippen LogP contribution in [0, 0.1) is 11.7 Å². The number of amides is 2. The highest BCUT2D eigenvalue weighted by atomic mass is 79.9. The Kier molecular flexibility index (Phi) is 5.48. The van der Waals surface area contributed by atoms with E-state index in [1.807, 2.05) is 30.3 Å². The number of benzene rings is 2. The van der Waals surface area contributed by atoms with Crippen LogP contribution in [0.4, 0.5) is 10.1 Å². The Bertz CT molecular complexity index is 782. The molecule has 2 amide bonds. The van der Waals surface area contributed by atoms with Crippen molar-refractivity contribution in [3.63, 3.8) is 0 Å². The maximum atomic E-state index is 14.1. The summed E-state index contributed by atoms with van der Waals surface area (Å²) in [5, 5.41) is 2.81. The fraction of sp³-hybridized carbons (Fsp3) is 0.263. The molecule has 0 aliphatic carbocycles. The monoisotopic (exact) mass is 404 g/mol. The van der Waals surface area contributed by atoms with E-state index in [1.165, 1.54) is 11.0 Å². The van der Waals surface area contributed by atoms with Crippen LogP contribution in [0.15, 0.2) is 53.0 Å². The van der Waals surface area contributed by atoms with Gasteiger partial charge in [0.05, 0.1) is 5.69 Å². The van der Waals surface area contributed by atoms with Gasteiger partial charge in [-0.05, 0) is 36.6 Å². The highest BCUT2D eigenvalue weighted by Gasteiger charge is 2.38. The molecule has 0 unspecified atom stereocenters. The number of hydrogen-bond acceptors (Lipinski definition) is 2. The predicted octanol–water partition coefficient (Wildman–Crippen LogP) is 3.30. The second-order valence-corrected chi connectivity index (χ2v) is 6.87. The maximum absolute atomic E-state index is 14.1. The first-order valence-corrected chi connectivity index (χ1v) is 8.93. The van der Waals surface area contributed by atoms with Crippen molar-refractivity contribution in [2.45, 2.75) is 12.8 Å². The zero-order valence-corrected chi connectivity index (χ0v) is 15.1. The van der Waals surface area contributed by atoms with Crippen molar-refractivity contribution >= 4 is 33.4 Å². The Labute approximate surface area is 154 Å². The van der Waals surface area contributed by atoms with E-state index in [0.29, 0.717) is 30.4 Å². The Morgan fingerprint density at radius 1 is 1.24 bits per heavy atom. The minimum Gasteiger partial charge on any atom is -0.355 e. The molecule has 0 aromatic heterocycles. The van der Waals surface area contributed by atoms with E-state index < -0.39 is 11.7 Å². The molecule has 0 bridgehead atoms. The van der Waals surface area contributed by atoms with Gasteiger partial charge in [0, 0.05) is 17.6 Å². The molecule has 1 saturated heterocycles. The van der Waals surface area contributed by atoms with Crippen LogP contribution >= 0.6 is 15.9 Å². The SMILES string of the molecule is O=C(NCCc1ccccc1)[C@@H]1CCN(c2ccc(Br)cc2F)C1=O. The molecule has 1 N–H and O–H groups in total. The molecular formula is C19H18BrFN2O2. The van der Waals surface area contributed by atoms with E-state index in [4.69, 9.17) is 0 Å². The first-order chi connectivity index (χ1) is 12.1. The quantitative estimate of drug-likeness (QED) is 0.777. The number of rotatable bonds is 5. The largest absolute Gasteiger partial charge is 0.355 e. The van der Waals surface area contributed by atoms with Crippen molar-refractivity contribution in [2.24, 2.45) is 5.92 Å². The van der Waals surface area contributed by atoms with E-state index in [9.17, 15) is 14.0 Å². The molecule has 130 valence electrons. The van der Waals surface area contributed by atoms with Gasteiger partial charge in [0.25, 0.3) is 0 Å². The van der Waals surface area contributed by atoms with Gasteiger partial charge in [-0.25, -0.2) is 4.39 Å². The summed E-state index contributed by atoms with van der Waals surface area (Å²) in [6.45, 7) is 0.813. The van der Waals surface area contributed by atoms with Crippen LogP contribution in [-0.4, -0.2) is 24.9 Å². The van der Waals surface area contributed by atoms with Crippen LogP contribution in [0.25, 0.3) is 0 Å². The van der Waals surface area contributed by atoms with Gasteiger partial charge < -0.3 is 10.2 Å². The molecular weight excluding hydrogens is 387 g/mol. The molecule has 2 aromatic rings. The van der Waals surface area contributed by atoms with Crippen molar-refractivity contribution in [1.29, 1.82) is 0 Å². The van der Waals surface area contributed by atoms with Crippen molar-refractivity contribution in [3.8, 4) is 0 Å². The van der Waals surface area contributed by atoms with Crippen LogP contribution in [-0.2, 0) is 16.0 Å². The van der Waals surface area contributed by atoms with Gasteiger partial charge in [0.2, 0.25) is 11.8 Å². The molecule has 6 heteroatoms. The van der Waals surface area contributed by atoms with Crippen LogP contribution in [0.3, 0.4) is 0 Å². The Hall–Kier alpha value is -2.21. The molecule has 1 heterocycles. The smallest absolute Gasteiger partial charge is 0.239 e. The normalized spacial score (nSPS) is 17.0. The van der Waals surface area contributed by atoms with Gasteiger partial charge in [0.15, 0.2) is 0 Å². The Morgan fingerprint density at radius 3 is 2.72 bits per heavy atom. The molecule has 1 fully saturated rings. The number of nitrogens with zero attached hydrogens (tertiary/aromatic N) is 1. The number of carbonyl (C=O) groups excluding carboxylic acids is 2. The van der Waals surface area contributed by atoms with Gasteiger partial charge in [-0.1, -0.05) is 46.3 Å². The molecule has 1 atom stereocenters. The van der Waals surface area contributed by atoms with E-state index in [2.05, 4.69) is 21.2 Å². The van der Waals surface area contributed by atoms with Crippen LogP contribution in [0.1, 0.15) is 12.0 Å². The molecule has 0 saturated carbocycles. The second kappa shape index (κ2) is 7.78. The molecule has 0 spiro atoms. The van der Waals surface area contributed by atoms with Gasteiger partial charge in [-0.15, -0.1) is 0 Å². The summed E-state index contributed by atoms with van der Waals surface area (Å²) < 4.78 is 14.7. The third-order valence-electron chi connectivity index (χ3n) is 4.28. The third-order valence-corrected chi connectivity index (χ3v) is 4.77. The summed E-state index contributed by atoms with van der Waals surface area (Å²) in [6.07, 6.45) is 1.10. The number of carbonyl (C=O) groups is 2. The summed E-state index contributed by atoms with van der Waals surface area (Å²) in [6, 6.07) is 14.4. The molecule has 1 aliphatic heterocycles. The van der Waals surface area contributed by atoms with Crippen molar-refractivity contribution < 1.29 is 14.0 Å². The molecule has 3 rings (SSSR count). The fourth-order valence-electron chi connectivity index (χ4n) is 2.96. The van der Waals surface area contributed by atoms with Crippen molar-refractivity contribution in [2.75, 3.05) is 18.0 Å². The molecule has 4 nitrogen and oxygen atoms in total. The van der Waals surface area contributed by atoms with Crippen molar-refractivity contribution in [3.05, 3.63) is 64.4 Å². The minimum atomic E-state index is -0.751. The fourth-order valence-corrected chi connectivity index (χ4v) is 3.29. The van der Waals surface area contributed by atoms with Crippen LogP contribution in [0.5, 0.6) is 0 Å². The first-order valence-electron chi connectivity index (χ1n) is 8.14. The van der Waals surface area contributed by atoms with Crippen molar-refractivity contribution in [1.82, 2.24) is 5.32 Å². The average Bonchev–Trinajstić information content (AvgIpc) is 2.97. The average molecular weight is 405 g/mol. The van der Waals surface area contributed by atoms with Gasteiger partial charge >= 0.3 is 0 Å². The van der Waals surface area contributed by atoms with E-state index in [-0.39, 0.29) is 17.5 Å². The number of anilines is 1. The highest BCUT2D eigenvalue weighted by Crippen LogP contribution is 2.29. The van der Waals surface area contributed by atoms with Gasteiger partial charge in [0.1, 0.15) is 11.7 Å². The summed E-state index contributed by atoms with van der Waals surface area (Å²) in [4.78, 5) is 26.2. The lowest BCUT2D eigenvalue weighted by Crippen LogP contribution is -2.37. The van der Waals surface area contributed by atoms with E-state index in [0.717, 1.165) is 5.56 Å². The molecule has 1 aliphatic rings. The summed E-state index contributed by atoms with van der Waals surface area (Å²) in [5.41, 5.74) is 1.34. The first kappa shape index (κ1) is 17.6. The lowest BCUT2D eigenvalue weighted by Gasteiger charge is -2.17. The van der Waals surface area contributed by atoms with Gasteiger partial charge in [-0.2, -0.15) is 0 Å². The number of halogens is 2. The van der Waals surface area contributed by atoms with Crippen LogP contribution < -0.4 is 10.2 Å². The van der Waals surface area contributed by atoms with E-state index >= 15 is 0 Å². The summed E-state index contributed by atoms with van der Waals surface area (Å²) >= 11 is 3.20. The molecule has 0 radical (unpaired) electrons. The standard InChI is InChI=1S/C19H18BrFN2O2/c20-14-6-7-17(16(21)12-14)23-11-9-15(19(23)25)18(24)22-10-8-13-4-2-1-3-5-13/h1-7,12,15H,8-11H2,(H,22,24)/t15-/m0/s1. The lowest BCUT2D eigenvalue weighted by atomic mass is 10.1. The second-order valence-electron chi connectivity index (χ2n) is 5.95. The number of nitrogens with one attached hydrogen (secondary N) is 1. The predicted molar refractivity (Wildman–Crippen MR) is 97.7 cm³/mol. The van der Waals surface area contributed by atoms with Crippen LogP contribution in [0.2, 0.25) is 0 Å². The Balaban J connectivity index is 1.58. The zero-order chi connectivity index (χ0) is 17.8.